The van der Waals surface area contributed by atoms with E-state index in [0.29, 0.717) is 0 Å². The SMILES string of the molecule is CCC[C@@H](C)Oc1cc(F)ccc1[N+](=O)[O-]. The molecule has 1 rings (SSSR count). The number of hydrogen-bond donors (Lipinski definition) is 0. The van der Waals surface area contributed by atoms with E-state index in [4.69, 9.17) is 4.74 Å². The van der Waals surface area contributed by atoms with Gasteiger partial charge in [-0.1, -0.05) is 13.3 Å². The number of halogens is 1. The molecule has 0 saturated heterocycles. The van der Waals surface area contributed by atoms with Crippen LogP contribution in [0.15, 0.2) is 18.2 Å². The summed E-state index contributed by atoms with van der Waals surface area (Å²) < 4.78 is 18.3. The number of rotatable bonds is 5. The van der Waals surface area contributed by atoms with Crippen LogP contribution in [0, 0.1) is 15.9 Å². The normalized spacial score (nSPS) is 12.2. The molecule has 0 N–H and O–H groups in total. The monoisotopic (exact) mass is 227 g/mol. The second kappa shape index (κ2) is 5.44. The van der Waals surface area contributed by atoms with Crippen molar-refractivity contribution in [2.45, 2.75) is 32.8 Å². The van der Waals surface area contributed by atoms with Gasteiger partial charge in [0.2, 0.25) is 0 Å². The van der Waals surface area contributed by atoms with Crippen molar-refractivity contribution in [2.75, 3.05) is 0 Å². The number of ether oxygens (including phenoxy) is 1. The van der Waals surface area contributed by atoms with Crippen molar-refractivity contribution in [2.24, 2.45) is 0 Å². The summed E-state index contributed by atoms with van der Waals surface area (Å²) in [6.45, 7) is 3.79. The van der Waals surface area contributed by atoms with Crippen LogP contribution in [-0.2, 0) is 0 Å². The lowest BCUT2D eigenvalue weighted by Crippen LogP contribution is -2.12. The molecule has 0 amide bonds. The first-order chi connectivity index (χ1) is 7.54. The Labute approximate surface area is 93.2 Å². The average molecular weight is 227 g/mol. The van der Waals surface area contributed by atoms with Gasteiger partial charge in [0.1, 0.15) is 5.82 Å². The van der Waals surface area contributed by atoms with E-state index < -0.39 is 10.7 Å². The van der Waals surface area contributed by atoms with Gasteiger partial charge >= 0.3 is 5.69 Å². The molecule has 16 heavy (non-hydrogen) atoms. The summed E-state index contributed by atoms with van der Waals surface area (Å²) in [5, 5.41) is 10.7. The molecule has 5 heteroatoms. The standard InChI is InChI=1S/C11H14FNO3/c1-3-4-8(2)16-11-7-9(12)5-6-10(11)13(14)15/h5-8H,3-4H2,1-2H3/t8-/m1/s1. The Bertz CT molecular complexity index is 381. The van der Waals surface area contributed by atoms with Crippen molar-refractivity contribution < 1.29 is 14.1 Å². The molecule has 0 aliphatic heterocycles. The van der Waals surface area contributed by atoms with Crippen molar-refractivity contribution in [3.63, 3.8) is 0 Å². The number of nitro groups is 1. The number of hydrogen-bond acceptors (Lipinski definition) is 3. The Morgan fingerprint density at radius 3 is 2.81 bits per heavy atom. The van der Waals surface area contributed by atoms with E-state index in [2.05, 4.69) is 0 Å². The second-order valence-corrected chi connectivity index (χ2v) is 3.59. The van der Waals surface area contributed by atoms with E-state index in [1.54, 1.807) is 6.92 Å². The van der Waals surface area contributed by atoms with Gasteiger partial charge in [-0.25, -0.2) is 4.39 Å². The van der Waals surface area contributed by atoms with Crippen LogP contribution in [0.1, 0.15) is 26.7 Å². The Kier molecular flexibility index (Phi) is 4.22. The Hall–Kier alpha value is -1.65. The molecule has 4 nitrogen and oxygen atoms in total. The highest BCUT2D eigenvalue weighted by Crippen LogP contribution is 2.28. The van der Waals surface area contributed by atoms with Gasteiger partial charge in [-0.15, -0.1) is 0 Å². The summed E-state index contributed by atoms with van der Waals surface area (Å²) in [6.07, 6.45) is 1.52. The Morgan fingerprint density at radius 1 is 1.56 bits per heavy atom. The second-order valence-electron chi connectivity index (χ2n) is 3.59. The molecule has 1 atom stereocenters. The molecule has 0 spiro atoms. The van der Waals surface area contributed by atoms with Crippen LogP contribution < -0.4 is 4.74 Å². The van der Waals surface area contributed by atoms with Gasteiger partial charge in [-0.05, 0) is 19.4 Å². The molecule has 0 aromatic heterocycles. The third-order valence-electron chi connectivity index (χ3n) is 2.14. The molecule has 0 fully saturated rings. The summed E-state index contributed by atoms with van der Waals surface area (Å²) in [6, 6.07) is 3.21. The molecule has 1 aromatic carbocycles. The molecule has 88 valence electrons. The number of benzene rings is 1. The van der Waals surface area contributed by atoms with Crippen LogP contribution >= 0.6 is 0 Å². The molecule has 0 saturated carbocycles. The van der Waals surface area contributed by atoms with Gasteiger partial charge in [-0.2, -0.15) is 0 Å². The highest BCUT2D eigenvalue weighted by molar-refractivity contribution is 5.46. The van der Waals surface area contributed by atoms with Crippen molar-refractivity contribution in [1.82, 2.24) is 0 Å². The number of nitrogens with zero attached hydrogens (tertiary/aromatic N) is 1. The topological polar surface area (TPSA) is 52.4 Å². The predicted octanol–water partition coefficient (Wildman–Crippen LogP) is 3.30. The quantitative estimate of drug-likeness (QED) is 0.572. The minimum Gasteiger partial charge on any atom is -0.484 e. The van der Waals surface area contributed by atoms with E-state index >= 15 is 0 Å². The van der Waals surface area contributed by atoms with Crippen LogP contribution in [0.5, 0.6) is 5.75 Å². The lowest BCUT2D eigenvalue weighted by atomic mass is 10.2. The zero-order valence-corrected chi connectivity index (χ0v) is 9.27. The predicted molar refractivity (Wildman–Crippen MR) is 58.1 cm³/mol. The maximum absolute atomic E-state index is 12.9. The van der Waals surface area contributed by atoms with E-state index in [-0.39, 0.29) is 17.5 Å². The van der Waals surface area contributed by atoms with Gasteiger partial charge in [0.15, 0.2) is 5.75 Å². The van der Waals surface area contributed by atoms with E-state index in [1.165, 1.54) is 0 Å². The van der Waals surface area contributed by atoms with Crippen molar-refractivity contribution in [3.05, 3.63) is 34.1 Å². The summed E-state index contributed by atoms with van der Waals surface area (Å²) in [5.41, 5.74) is -0.204. The molecule has 1 aromatic rings. The molecule has 0 aliphatic rings. The smallest absolute Gasteiger partial charge is 0.311 e. The zero-order valence-electron chi connectivity index (χ0n) is 9.27. The summed E-state index contributed by atoms with van der Waals surface area (Å²) in [4.78, 5) is 10.1. The fourth-order valence-electron chi connectivity index (χ4n) is 1.42. The van der Waals surface area contributed by atoms with Gasteiger partial charge < -0.3 is 4.74 Å². The third-order valence-corrected chi connectivity index (χ3v) is 2.14. The van der Waals surface area contributed by atoms with E-state index in [0.717, 1.165) is 31.0 Å². The van der Waals surface area contributed by atoms with Crippen molar-refractivity contribution >= 4 is 5.69 Å². The summed E-state index contributed by atoms with van der Waals surface area (Å²) in [7, 11) is 0. The molecule has 0 bridgehead atoms. The minimum absolute atomic E-state index is 0.00838. The Morgan fingerprint density at radius 2 is 2.25 bits per heavy atom. The highest BCUT2D eigenvalue weighted by atomic mass is 19.1. The molecule has 0 unspecified atom stereocenters. The van der Waals surface area contributed by atoms with Crippen molar-refractivity contribution in [3.8, 4) is 5.75 Å². The first-order valence-electron chi connectivity index (χ1n) is 5.15. The van der Waals surface area contributed by atoms with Gasteiger partial charge in [-0.3, -0.25) is 10.1 Å². The fourth-order valence-corrected chi connectivity index (χ4v) is 1.42. The van der Waals surface area contributed by atoms with E-state index in [1.807, 2.05) is 6.92 Å². The summed E-state index contributed by atoms with van der Waals surface area (Å²) in [5.74, 6) is -0.546. The molecule has 0 aliphatic carbocycles. The zero-order chi connectivity index (χ0) is 12.1. The summed E-state index contributed by atoms with van der Waals surface area (Å²) >= 11 is 0. The molecular weight excluding hydrogens is 213 g/mol. The van der Waals surface area contributed by atoms with Gasteiger partial charge in [0.25, 0.3) is 0 Å². The maximum Gasteiger partial charge on any atom is 0.311 e. The van der Waals surface area contributed by atoms with Crippen LogP contribution in [-0.4, -0.2) is 11.0 Å². The van der Waals surface area contributed by atoms with E-state index in [9.17, 15) is 14.5 Å². The molecule has 0 radical (unpaired) electrons. The first-order valence-corrected chi connectivity index (χ1v) is 5.15. The molecule has 0 heterocycles. The maximum atomic E-state index is 12.9. The van der Waals surface area contributed by atoms with Crippen molar-refractivity contribution in [1.29, 1.82) is 0 Å². The van der Waals surface area contributed by atoms with Gasteiger partial charge in [0.05, 0.1) is 11.0 Å². The minimum atomic E-state index is -0.576. The number of nitro benzene ring substituents is 1. The lowest BCUT2D eigenvalue weighted by molar-refractivity contribution is -0.386. The first kappa shape index (κ1) is 12.4. The van der Waals surface area contributed by atoms with Crippen LogP contribution in [0.25, 0.3) is 0 Å². The average Bonchev–Trinajstić information content (AvgIpc) is 2.17. The van der Waals surface area contributed by atoms with Crippen LogP contribution in [0.4, 0.5) is 10.1 Å². The van der Waals surface area contributed by atoms with Gasteiger partial charge in [0, 0.05) is 12.1 Å². The molecular formula is C11H14FNO3. The van der Waals surface area contributed by atoms with Crippen LogP contribution in [0.2, 0.25) is 0 Å². The highest BCUT2D eigenvalue weighted by Gasteiger charge is 2.17. The third kappa shape index (κ3) is 3.18. The Balaban J connectivity index is 2.92. The fraction of sp³-hybridized carbons (Fsp3) is 0.455. The largest absolute Gasteiger partial charge is 0.484 e. The van der Waals surface area contributed by atoms with Crippen LogP contribution in [0.3, 0.4) is 0 Å². The lowest BCUT2D eigenvalue weighted by Gasteiger charge is -2.13.